The normalized spacial score (nSPS) is 12.0. The molecule has 0 spiro atoms. The third kappa shape index (κ3) is 3.71. The van der Waals surface area contributed by atoms with Crippen molar-refractivity contribution in [3.63, 3.8) is 0 Å². The molecule has 3 N–H and O–H groups in total. The van der Waals surface area contributed by atoms with Crippen LogP contribution >= 0.6 is 0 Å². The second-order valence-electron chi connectivity index (χ2n) is 3.58. The lowest BCUT2D eigenvalue weighted by Gasteiger charge is -2.13. The summed E-state index contributed by atoms with van der Waals surface area (Å²) < 4.78 is 18.3. The fourth-order valence-electron chi connectivity index (χ4n) is 1.29. The fourth-order valence-corrected chi connectivity index (χ4v) is 1.29. The maximum absolute atomic E-state index is 13.0. The molecule has 17 heavy (non-hydrogen) atoms. The first-order valence-electron chi connectivity index (χ1n) is 5.57. The van der Waals surface area contributed by atoms with Crippen LogP contribution in [0.2, 0.25) is 0 Å². The second kappa shape index (κ2) is 6.20. The van der Waals surface area contributed by atoms with Crippen LogP contribution in [0.4, 0.5) is 10.1 Å². The summed E-state index contributed by atoms with van der Waals surface area (Å²) in [6, 6.07) is 3.38. The largest absolute Gasteiger partial charge is 0.492 e. The maximum Gasteiger partial charge on any atom is 0.241 e. The van der Waals surface area contributed by atoms with Gasteiger partial charge in [0.25, 0.3) is 0 Å². The Morgan fingerprint density at radius 3 is 2.82 bits per heavy atom. The van der Waals surface area contributed by atoms with Gasteiger partial charge in [-0.1, -0.05) is 6.92 Å². The summed E-state index contributed by atoms with van der Waals surface area (Å²) in [5.41, 5.74) is 6.02. The number of ether oxygens (including phenoxy) is 1. The molecule has 0 radical (unpaired) electrons. The van der Waals surface area contributed by atoms with E-state index in [0.29, 0.717) is 24.5 Å². The van der Waals surface area contributed by atoms with Crippen molar-refractivity contribution in [2.75, 3.05) is 11.9 Å². The third-order valence-corrected chi connectivity index (χ3v) is 2.28. The quantitative estimate of drug-likeness (QED) is 0.826. The molecule has 0 fully saturated rings. The van der Waals surface area contributed by atoms with Gasteiger partial charge in [0.1, 0.15) is 11.6 Å². The van der Waals surface area contributed by atoms with Crippen LogP contribution in [0.5, 0.6) is 5.75 Å². The Morgan fingerprint density at radius 1 is 1.53 bits per heavy atom. The summed E-state index contributed by atoms with van der Waals surface area (Å²) in [6.45, 7) is 4.00. The molecule has 5 heteroatoms. The van der Waals surface area contributed by atoms with E-state index >= 15 is 0 Å². The summed E-state index contributed by atoms with van der Waals surface area (Å²) in [7, 11) is 0. The monoisotopic (exact) mass is 240 g/mol. The van der Waals surface area contributed by atoms with Crippen molar-refractivity contribution in [1.29, 1.82) is 0 Å². The van der Waals surface area contributed by atoms with Gasteiger partial charge in [-0.15, -0.1) is 0 Å². The van der Waals surface area contributed by atoms with E-state index in [-0.39, 0.29) is 5.91 Å². The van der Waals surface area contributed by atoms with Crippen molar-refractivity contribution < 1.29 is 13.9 Å². The maximum atomic E-state index is 13.0. The molecule has 0 heterocycles. The highest BCUT2D eigenvalue weighted by atomic mass is 19.1. The molecule has 0 saturated heterocycles. The number of carbonyl (C=O) groups is 1. The van der Waals surface area contributed by atoms with Gasteiger partial charge in [-0.25, -0.2) is 4.39 Å². The van der Waals surface area contributed by atoms with Crippen LogP contribution in [0.25, 0.3) is 0 Å². The highest BCUT2D eigenvalue weighted by Crippen LogP contribution is 2.25. The minimum Gasteiger partial charge on any atom is -0.492 e. The number of hydrogen-bond donors (Lipinski definition) is 2. The molecule has 1 unspecified atom stereocenters. The number of amides is 1. The van der Waals surface area contributed by atoms with Gasteiger partial charge < -0.3 is 15.8 Å². The smallest absolute Gasteiger partial charge is 0.241 e. The topological polar surface area (TPSA) is 64.3 Å². The molecule has 0 aliphatic heterocycles. The lowest BCUT2D eigenvalue weighted by atomic mass is 10.2. The Kier molecular flexibility index (Phi) is 4.90. The lowest BCUT2D eigenvalue weighted by Crippen LogP contribution is -2.34. The molecular formula is C12H17FN2O2. The predicted octanol–water partition coefficient (Wildman–Crippen LogP) is 1.90. The zero-order chi connectivity index (χ0) is 12.8. The van der Waals surface area contributed by atoms with E-state index in [9.17, 15) is 9.18 Å². The summed E-state index contributed by atoms with van der Waals surface area (Å²) in [4.78, 5) is 11.6. The molecule has 1 aromatic carbocycles. The SMILES string of the molecule is CCOc1cc(F)ccc1NC(=O)C(N)CC. The summed E-state index contributed by atoms with van der Waals surface area (Å²) in [5.74, 6) is -0.407. The Hall–Kier alpha value is -1.62. The number of anilines is 1. The number of benzene rings is 1. The van der Waals surface area contributed by atoms with Crippen LogP contribution in [0.3, 0.4) is 0 Å². The number of rotatable bonds is 5. The van der Waals surface area contributed by atoms with E-state index in [1.54, 1.807) is 6.92 Å². The summed E-state index contributed by atoms with van der Waals surface area (Å²) >= 11 is 0. The summed E-state index contributed by atoms with van der Waals surface area (Å²) in [6.07, 6.45) is 0.539. The van der Waals surface area contributed by atoms with E-state index in [1.807, 2.05) is 6.92 Å². The minimum atomic E-state index is -0.575. The van der Waals surface area contributed by atoms with Gasteiger partial charge in [-0.3, -0.25) is 4.79 Å². The molecule has 0 bridgehead atoms. The zero-order valence-corrected chi connectivity index (χ0v) is 10.00. The van der Waals surface area contributed by atoms with Gasteiger partial charge >= 0.3 is 0 Å². The Morgan fingerprint density at radius 2 is 2.24 bits per heavy atom. The number of hydrogen-bond acceptors (Lipinski definition) is 3. The molecule has 0 aliphatic carbocycles. The minimum absolute atomic E-state index is 0.305. The van der Waals surface area contributed by atoms with Crippen LogP contribution in [-0.2, 0) is 4.79 Å². The average molecular weight is 240 g/mol. The van der Waals surface area contributed by atoms with Crippen molar-refractivity contribution >= 4 is 11.6 Å². The number of carbonyl (C=O) groups excluding carboxylic acids is 1. The Bertz CT molecular complexity index is 396. The van der Waals surface area contributed by atoms with E-state index in [0.717, 1.165) is 0 Å². The van der Waals surface area contributed by atoms with Gasteiger partial charge in [0.15, 0.2) is 0 Å². The van der Waals surface area contributed by atoms with Gasteiger partial charge in [0.2, 0.25) is 5.91 Å². The fraction of sp³-hybridized carbons (Fsp3) is 0.417. The van der Waals surface area contributed by atoms with E-state index in [4.69, 9.17) is 10.5 Å². The Labute approximate surface area is 100.0 Å². The Balaban J connectivity index is 2.86. The molecule has 1 aromatic rings. The van der Waals surface area contributed by atoms with E-state index < -0.39 is 11.9 Å². The standard InChI is InChI=1S/C12H17FN2O2/c1-3-9(14)12(16)15-10-6-5-8(13)7-11(10)17-4-2/h5-7,9H,3-4,14H2,1-2H3,(H,15,16). The van der Waals surface area contributed by atoms with Crippen LogP contribution in [0, 0.1) is 5.82 Å². The average Bonchev–Trinajstić information content (AvgIpc) is 2.31. The van der Waals surface area contributed by atoms with Gasteiger partial charge in [-0.05, 0) is 25.5 Å². The van der Waals surface area contributed by atoms with Crippen LogP contribution < -0.4 is 15.8 Å². The second-order valence-corrected chi connectivity index (χ2v) is 3.58. The third-order valence-electron chi connectivity index (χ3n) is 2.28. The predicted molar refractivity (Wildman–Crippen MR) is 64.5 cm³/mol. The zero-order valence-electron chi connectivity index (χ0n) is 10.00. The van der Waals surface area contributed by atoms with Crippen LogP contribution in [0.15, 0.2) is 18.2 Å². The molecular weight excluding hydrogens is 223 g/mol. The van der Waals surface area contributed by atoms with Gasteiger partial charge in [-0.2, -0.15) is 0 Å². The first-order chi connectivity index (χ1) is 8.08. The summed E-state index contributed by atoms with van der Waals surface area (Å²) in [5, 5.41) is 2.62. The van der Waals surface area contributed by atoms with Gasteiger partial charge in [0.05, 0.1) is 18.3 Å². The van der Waals surface area contributed by atoms with Crippen LogP contribution in [0.1, 0.15) is 20.3 Å². The van der Waals surface area contributed by atoms with Gasteiger partial charge in [0, 0.05) is 6.07 Å². The van der Waals surface area contributed by atoms with Crippen molar-refractivity contribution in [2.24, 2.45) is 5.73 Å². The molecule has 0 saturated carbocycles. The lowest BCUT2D eigenvalue weighted by molar-refractivity contribution is -0.117. The molecule has 1 atom stereocenters. The van der Waals surface area contributed by atoms with E-state index in [1.165, 1.54) is 18.2 Å². The molecule has 4 nitrogen and oxygen atoms in total. The van der Waals surface area contributed by atoms with Crippen molar-refractivity contribution in [2.45, 2.75) is 26.3 Å². The molecule has 1 rings (SSSR count). The van der Waals surface area contributed by atoms with Crippen LogP contribution in [-0.4, -0.2) is 18.6 Å². The molecule has 94 valence electrons. The number of halogens is 1. The molecule has 0 aliphatic rings. The molecule has 0 aromatic heterocycles. The highest BCUT2D eigenvalue weighted by molar-refractivity contribution is 5.95. The number of nitrogens with two attached hydrogens (primary N) is 1. The van der Waals surface area contributed by atoms with Crippen molar-refractivity contribution in [3.05, 3.63) is 24.0 Å². The first kappa shape index (κ1) is 13.4. The van der Waals surface area contributed by atoms with Crippen molar-refractivity contribution in [1.82, 2.24) is 0 Å². The highest BCUT2D eigenvalue weighted by Gasteiger charge is 2.14. The molecule has 1 amide bonds. The van der Waals surface area contributed by atoms with E-state index in [2.05, 4.69) is 5.32 Å². The van der Waals surface area contributed by atoms with Crippen molar-refractivity contribution in [3.8, 4) is 5.75 Å². The first-order valence-corrected chi connectivity index (χ1v) is 5.57. The number of nitrogens with one attached hydrogen (secondary N) is 1.